The molecule has 1 heterocycles. The van der Waals surface area contributed by atoms with Gasteiger partial charge in [0.25, 0.3) is 0 Å². The van der Waals surface area contributed by atoms with E-state index >= 15 is 0 Å². The number of alkyl halides is 1. The molecule has 0 saturated carbocycles. The molecule has 4 rings (SSSR count). The molecule has 0 aliphatic carbocycles. The van der Waals surface area contributed by atoms with Gasteiger partial charge >= 0.3 is 0 Å². The summed E-state index contributed by atoms with van der Waals surface area (Å²) in [6.45, 7) is 0.479. The summed E-state index contributed by atoms with van der Waals surface area (Å²) < 4.78 is 27.5. The maximum atomic E-state index is 10.7. The minimum Gasteiger partial charge on any atom is -0.489 e. The highest BCUT2D eigenvalue weighted by Crippen LogP contribution is 2.64. The SMILES string of the molecule is OS1(O)CC(Sc2ccccc2)c2c1ccc(OCc1ccccc1)c2CBr. The maximum absolute atomic E-state index is 10.7. The van der Waals surface area contributed by atoms with Gasteiger partial charge in [-0.15, -0.1) is 11.8 Å². The molecule has 1 aliphatic heterocycles. The number of thioether (sulfide) groups is 1. The van der Waals surface area contributed by atoms with Crippen LogP contribution >= 0.6 is 38.3 Å². The quantitative estimate of drug-likeness (QED) is 0.371. The van der Waals surface area contributed by atoms with Gasteiger partial charge in [0.1, 0.15) is 12.4 Å². The molecule has 0 amide bonds. The maximum Gasteiger partial charge on any atom is 0.124 e. The standard InChI is InChI=1S/C22H21BrO3S2/c23-13-18-19(26-14-16-7-3-1-4-8-16)11-12-21-22(18)20(15-28(21,24)25)27-17-9-5-2-6-10-17/h1-12,20,24-25H,13-15H2. The first kappa shape index (κ1) is 19.9. The molecular formula is C22H21BrO3S2. The van der Waals surface area contributed by atoms with E-state index in [1.54, 1.807) is 11.8 Å². The Kier molecular flexibility index (Phi) is 6.04. The van der Waals surface area contributed by atoms with Crippen LogP contribution in [0, 0.1) is 0 Å². The van der Waals surface area contributed by atoms with E-state index in [-0.39, 0.29) is 5.25 Å². The smallest absolute Gasteiger partial charge is 0.124 e. The Balaban J connectivity index is 1.67. The topological polar surface area (TPSA) is 49.7 Å². The van der Waals surface area contributed by atoms with Crippen LogP contribution in [-0.4, -0.2) is 14.9 Å². The van der Waals surface area contributed by atoms with Crippen LogP contribution in [0.5, 0.6) is 5.75 Å². The fraction of sp³-hybridized carbons (Fsp3) is 0.182. The number of ether oxygens (including phenoxy) is 1. The van der Waals surface area contributed by atoms with Crippen LogP contribution in [0.4, 0.5) is 0 Å². The lowest BCUT2D eigenvalue weighted by molar-refractivity contribution is 0.303. The molecule has 3 aromatic carbocycles. The van der Waals surface area contributed by atoms with Gasteiger partial charge in [-0.05, 0) is 35.4 Å². The van der Waals surface area contributed by atoms with Crippen LogP contribution < -0.4 is 4.74 Å². The van der Waals surface area contributed by atoms with Crippen LogP contribution in [0.2, 0.25) is 0 Å². The van der Waals surface area contributed by atoms with E-state index in [4.69, 9.17) is 4.74 Å². The molecule has 1 aliphatic rings. The summed E-state index contributed by atoms with van der Waals surface area (Å²) in [5.41, 5.74) is 3.10. The highest BCUT2D eigenvalue weighted by molar-refractivity contribution is 9.08. The van der Waals surface area contributed by atoms with Crippen LogP contribution in [0.15, 0.2) is 82.6 Å². The molecule has 0 radical (unpaired) electrons. The van der Waals surface area contributed by atoms with Gasteiger partial charge in [0.05, 0.1) is 15.9 Å². The molecular weight excluding hydrogens is 456 g/mol. The van der Waals surface area contributed by atoms with Crippen LogP contribution in [0.1, 0.15) is 21.9 Å². The highest BCUT2D eigenvalue weighted by atomic mass is 79.9. The molecule has 2 N–H and O–H groups in total. The number of hydrogen-bond acceptors (Lipinski definition) is 4. The molecule has 0 spiro atoms. The Bertz CT molecular complexity index is 949. The van der Waals surface area contributed by atoms with Crippen molar-refractivity contribution in [2.45, 2.75) is 27.0 Å². The third-order valence-corrected chi connectivity index (χ3v) is 8.59. The molecule has 0 aromatic heterocycles. The van der Waals surface area contributed by atoms with Crippen molar-refractivity contribution in [2.75, 3.05) is 5.75 Å². The van der Waals surface area contributed by atoms with Crippen molar-refractivity contribution in [1.29, 1.82) is 0 Å². The molecule has 3 aromatic rings. The van der Waals surface area contributed by atoms with E-state index in [9.17, 15) is 9.11 Å². The summed E-state index contributed by atoms with van der Waals surface area (Å²) in [6, 6.07) is 23.8. The van der Waals surface area contributed by atoms with Crippen molar-refractivity contribution < 1.29 is 13.8 Å². The predicted octanol–water partition coefficient (Wildman–Crippen LogP) is 7.12. The van der Waals surface area contributed by atoms with Crippen LogP contribution in [0.3, 0.4) is 0 Å². The van der Waals surface area contributed by atoms with Gasteiger partial charge in [0.2, 0.25) is 0 Å². The average Bonchev–Trinajstić information content (AvgIpc) is 2.97. The van der Waals surface area contributed by atoms with Gasteiger partial charge in [-0.1, -0.05) is 64.5 Å². The van der Waals surface area contributed by atoms with Crippen LogP contribution in [-0.2, 0) is 11.9 Å². The minimum atomic E-state index is -2.79. The molecule has 28 heavy (non-hydrogen) atoms. The van der Waals surface area contributed by atoms with Crippen molar-refractivity contribution in [3.63, 3.8) is 0 Å². The molecule has 1 unspecified atom stereocenters. The van der Waals surface area contributed by atoms with Gasteiger partial charge in [0, 0.05) is 15.8 Å². The van der Waals surface area contributed by atoms with Gasteiger partial charge in [-0.25, -0.2) is 0 Å². The van der Waals surface area contributed by atoms with Gasteiger partial charge < -0.3 is 4.74 Å². The number of rotatable bonds is 6. The van der Waals surface area contributed by atoms with Crippen molar-refractivity contribution in [3.8, 4) is 5.75 Å². The average molecular weight is 477 g/mol. The largest absolute Gasteiger partial charge is 0.489 e. The highest BCUT2D eigenvalue weighted by Gasteiger charge is 2.38. The second kappa shape index (κ2) is 8.51. The van der Waals surface area contributed by atoms with E-state index in [0.717, 1.165) is 27.3 Å². The normalized spacial score (nSPS) is 18.5. The molecule has 0 fully saturated rings. The van der Waals surface area contributed by atoms with Crippen molar-refractivity contribution >= 4 is 38.3 Å². The third-order valence-electron chi connectivity index (χ3n) is 4.72. The first-order chi connectivity index (χ1) is 13.6. The lowest BCUT2D eigenvalue weighted by atomic mass is 10.1. The van der Waals surface area contributed by atoms with Crippen molar-refractivity contribution in [2.24, 2.45) is 0 Å². The van der Waals surface area contributed by atoms with Gasteiger partial charge in [-0.2, -0.15) is 10.6 Å². The first-order valence-electron chi connectivity index (χ1n) is 8.94. The molecule has 146 valence electrons. The Hall–Kier alpha value is -1.44. The summed E-state index contributed by atoms with van der Waals surface area (Å²) in [5.74, 6) is 1.12. The van der Waals surface area contributed by atoms with Gasteiger partial charge in [0.15, 0.2) is 0 Å². The number of hydrogen-bond donors (Lipinski definition) is 2. The summed E-state index contributed by atoms with van der Waals surface area (Å²) in [7, 11) is -2.79. The van der Waals surface area contributed by atoms with E-state index in [2.05, 4.69) is 28.1 Å². The third kappa shape index (κ3) is 4.11. The Morgan fingerprint density at radius 2 is 1.64 bits per heavy atom. The molecule has 1 atom stereocenters. The Morgan fingerprint density at radius 1 is 0.964 bits per heavy atom. The number of halogens is 1. The van der Waals surface area contributed by atoms with Crippen molar-refractivity contribution in [3.05, 3.63) is 89.5 Å². The second-order valence-corrected chi connectivity index (χ2v) is 10.6. The zero-order valence-electron chi connectivity index (χ0n) is 15.1. The fourth-order valence-electron chi connectivity index (χ4n) is 3.41. The second-order valence-electron chi connectivity index (χ2n) is 6.61. The monoisotopic (exact) mass is 476 g/mol. The Morgan fingerprint density at radius 3 is 2.32 bits per heavy atom. The van der Waals surface area contributed by atoms with Crippen molar-refractivity contribution in [1.82, 2.24) is 0 Å². The van der Waals surface area contributed by atoms with E-state index in [1.165, 1.54) is 0 Å². The molecule has 3 nitrogen and oxygen atoms in total. The van der Waals surface area contributed by atoms with E-state index < -0.39 is 10.6 Å². The van der Waals surface area contributed by atoms with Crippen LogP contribution in [0.25, 0.3) is 0 Å². The predicted molar refractivity (Wildman–Crippen MR) is 121 cm³/mol. The lowest BCUT2D eigenvalue weighted by Gasteiger charge is -2.27. The summed E-state index contributed by atoms with van der Waals surface area (Å²) in [4.78, 5) is 1.77. The summed E-state index contributed by atoms with van der Waals surface area (Å²) >= 11 is 5.27. The first-order valence-corrected chi connectivity index (χ1v) is 12.7. The lowest BCUT2D eigenvalue weighted by Crippen LogP contribution is -2.02. The molecule has 0 bridgehead atoms. The molecule has 6 heteroatoms. The zero-order chi connectivity index (χ0) is 19.6. The van der Waals surface area contributed by atoms with E-state index in [0.29, 0.717) is 22.6 Å². The number of fused-ring (bicyclic) bond motifs is 1. The Labute approximate surface area is 179 Å². The van der Waals surface area contributed by atoms with E-state index in [1.807, 2.05) is 60.7 Å². The minimum absolute atomic E-state index is 0.0183. The fourth-order valence-corrected chi connectivity index (χ4v) is 7.61. The zero-order valence-corrected chi connectivity index (χ0v) is 18.3. The molecule has 0 saturated heterocycles. The number of benzene rings is 3. The summed E-state index contributed by atoms with van der Waals surface area (Å²) in [6.07, 6.45) is 0. The summed E-state index contributed by atoms with van der Waals surface area (Å²) in [5, 5.41) is 0.581. The van der Waals surface area contributed by atoms with Gasteiger partial charge in [-0.3, -0.25) is 9.11 Å².